The fourth-order valence-electron chi connectivity index (χ4n) is 2.40. The number of nitrogens with two attached hydrogens (primary N) is 1. The summed E-state index contributed by atoms with van der Waals surface area (Å²) >= 11 is 9.94. The van der Waals surface area contributed by atoms with Crippen LogP contribution in [0, 0.1) is 0 Å². The Hall–Kier alpha value is -2.49. The summed E-state index contributed by atoms with van der Waals surface area (Å²) in [5, 5.41) is 3.94. The quantitative estimate of drug-likeness (QED) is 0.133. The van der Waals surface area contributed by atoms with Gasteiger partial charge < -0.3 is 10.5 Å². The molecule has 0 radical (unpaired) electrons. The van der Waals surface area contributed by atoms with Crippen LogP contribution in [0.5, 0.6) is 5.75 Å². The van der Waals surface area contributed by atoms with E-state index in [1.54, 1.807) is 54.6 Å². The number of benzene rings is 3. The highest BCUT2D eigenvalue weighted by molar-refractivity contribution is 9.11. The van der Waals surface area contributed by atoms with Crippen molar-refractivity contribution in [1.82, 2.24) is 5.43 Å². The first kappa shape index (κ1) is 22.2. The Bertz CT molecular complexity index is 1130. The number of ether oxygens (including phenoxy) is 1. The standard InChI is InChI=1S/C21H14Br3N3O3/c22-14-3-1-2-13(8-14)21(29)30-16-6-4-12(5-7-16)11-26-27-20(28)17-9-15(23)10-18(24)19(17)25/h1-11H,25H2,(H,27,28). The van der Waals surface area contributed by atoms with Crippen LogP contribution in [0.3, 0.4) is 0 Å². The largest absolute Gasteiger partial charge is 0.423 e. The Balaban J connectivity index is 1.61. The van der Waals surface area contributed by atoms with E-state index in [1.165, 1.54) is 6.21 Å². The molecule has 1 amide bonds. The highest BCUT2D eigenvalue weighted by Crippen LogP contribution is 2.28. The highest BCUT2D eigenvalue weighted by atomic mass is 79.9. The summed E-state index contributed by atoms with van der Waals surface area (Å²) in [6, 6.07) is 17.0. The molecule has 0 aliphatic rings. The molecule has 30 heavy (non-hydrogen) atoms. The summed E-state index contributed by atoms with van der Waals surface area (Å²) in [4.78, 5) is 24.5. The minimum Gasteiger partial charge on any atom is -0.423 e. The van der Waals surface area contributed by atoms with Crippen LogP contribution in [0.2, 0.25) is 0 Å². The van der Waals surface area contributed by atoms with Crippen LogP contribution in [0.25, 0.3) is 0 Å². The molecule has 0 aliphatic heterocycles. The average Bonchev–Trinajstić information content (AvgIpc) is 2.71. The smallest absolute Gasteiger partial charge is 0.343 e. The molecule has 3 aromatic carbocycles. The maximum absolute atomic E-state index is 12.3. The number of hydrogen-bond acceptors (Lipinski definition) is 5. The minimum atomic E-state index is -0.456. The highest BCUT2D eigenvalue weighted by Gasteiger charge is 2.13. The number of halogens is 3. The first-order valence-corrected chi connectivity index (χ1v) is 10.9. The molecule has 0 aliphatic carbocycles. The van der Waals surface area contributed by atoms with Gasteiger partial charge in [-0.15, -0.1) is 0 Å². The molecule has 0 saturated carbocycles. The lowest BCUT2D eigenvalue weighted by atomic mass is 10.2. The van der Waals surface area contributed by atoms with Crippen LogP contribution in [-0.2, 0) is 0 Å². The molecule has 0 atom stereocenters. The summed E-state index contributed by atoms with van der Waals surface area (Å²) in [6.07, 6.45) is 1.47. The molecule has 0 unspecified atom stereocenters. The maximum atomic E-state index is 12.3. The molecule has 152 valence electrons. The Morgan fingerprint density at radius 1 is 0.967 bits per heavy atom. The van der Waals surface area contributed by atoms with Gasteiger partial charge in [-0.2, -0.15) is 5.10 Å². The van der Waals surface area contributed by atoms with E-state index in [-0.39, 0.29) is 0 Å². The number of anilines is 1. The van der Waals surface area contributed by atoms with E-state index in [2.05, 4.69) is 58.3 Å². The van der Waals surface area contributed by atoms with E-state index in [1.807, 2.05) is 6.07 Å². The van der Waals surface area contributed by atoms with E-state index >= 15 is 0 Å². The lowest BCUT2D eigenvalue weighted by Gasteiger charge is -2.07. The predicted molar refractivity (Wildman–Crippen MR) is 127 cm³/mol. The number of nitrogens with zero attached hydrogens (tertiary/aromatic N) is 1. The van der Waals surface area contributed by atoms with Crippen molar-refractivity contribution in [2.24, 2.45) is 5.10 Å². The predicted octanol–water partition coefficient (Wildman–Crippen LogP) is 5.54. The van der Waals surface area contributed by atoms with Gasteiger partial charge in [-0.25, -0.2) is 10.2 Å². The zero-order valence-electron chi connectivity index (χ0n) is 15.2. The monoisotopic (exact) mass is 593 g/mol. The van der Waals surface area contributed by atoms with Gasteiger partial charge in [0, 0.05) is 13.4 Å². The van der Waals surface area contributed by atoms with Gasteiger partial charge in [0.2, 0.25) is 0 Å². The Kier molecular flexibility index (Phi) is 7.41. The molecule has 3 rings (SSSR count). The van der Waals surface area contributed by atoms with Gasteiger partial charge in [-0.3, -0.25) is 4.79 Å². The van der Waals surface area contributed by atoms with E-state index in [0.29, 0.717) is 37.1 Å². The van der Waals surface area contributed by atoms with E-state index in [4.69, 9.17) is 10.5 Å². The van der Waals surface area contributed by atoms with Crippen molar-refractivity contribution in [3.63, 3.8) is 0 Å². The van der Waals surface area contributed by atoms with Crippen molar-refractivity contribution in [3.05, 3.63) is 90.8 Å². The number of rotatable bonds is 5. The minimum absolute atomic E-state index is 0.295. The van der Waals surface area contributed by atoms with Crippen LogP contribution in [0.1, 0.15) is 26.3 Å². The summed E-state index contributed by atoms with van der Waals surface area (Å²) < 4.78 is 7.47. The number of nitrogen functional groups attached to an aromatic ring is 1. The first-order chi connectivity index (χ1) is 14.3. The number of carbonyl (C=O) groups is 2. The van der Waals surface area contributed by atoms with E-state index in [0.717, 1.165) is 4.47 Å². The van der Waals surface area contributed by atoms with Crippen LogP contribution < -0.4 is 15.9 Å². The van der Waals surface area contributed by atoms with Crippen molar-refractivity contribution in [2.45, 2.75) is 0 Å². The van der Waals surface area contributed by atoms with Gasteiger partial charge in [-0.05, 0) is 76.1 Å². The molecular formula is C21H14Br3N3O3. The molecule has 0 spiro atoms. The lowest BCUT2D eigenvalue weighted by Crippen LogP contribution is -2.19. The molecule has 0 bridgehead atoms. The number of hydrazone groups is 1. The summed E-state index contributed by atoms with van der Waals surface area (Å²) in [6.45, 7) is 0. The van der Waals surface area contributed by atoms with E-state index in [9.17, 15) is 9.59 Å². The third kappa shape index (κ3) is 5.78. The number of esters is 1. The van der Waals surface area contributed by atoms with Crippen molar-refractivity contribution in [1.29, 1.82) is 0 Å². The van der Waals surface area contributed by atoms with Crippen molar-refractivity contribution in [2.75, 3.05) is 5.73 Å². The third-order valence-corrected chi connectivity index (χ3v) is 5.48. The van der Waals surface area contributed by atoms with Gasteiger partial charge in [-0.1, -0.05) is 37.9 Å². The molecule has 0 fully saturated rings. The number of nitrogens with one attached hydrogen (secondary N) is 1. The topological polar surface area (TPSA) is 93.8 Å². The summed E-state index contributed by atoms with van der Waals surface area (Å²) in [5.41, 5.74) is 10.1. The summed E-state index contributed by atoms with van der Waals surface area (Å²) in [5.74, 6) is -0.499. The first-order valence-electron chi connectivity index (χ1n) is 8.49. The van der Waals surface area contributed by atoms with Crippen LogP contribution in [0.15, 0.2) is 79.2 Å². The van der Waals surface area contributed by atoms with Gasteiger partial charge in [0.05, 0.1) is 23.0 Å². The fraction of sp³-hybridized carbons (Fsp3) is 0. The van der Waals surface area contributed by atoms with Crippen molar-refractivity contribution < 1.29 is 14.3 Å². The Labute approximate surface area is 197 Å². The van der Waals surface area contributed by atoms with E-state index < -0.39 is 11.9 Å². The van der Waals surface area contributed by atoms with Crippen LogP contribution in [0.4, 0.5) is 5.69 Å². The van der Waals surface area contributed by atoms with Gasteiger partial charge >= 0.3 is 5.97 Å². The van der Waals surface area contributed by atoms with Crippen LogP contribution in [-0.4, -0.2) is 18.1 Å². The zero-order chi connectivity index (χ0) is 21.7. The molecule has 0 heterocycles. The maximum Gasteiger partial charge on any atom is 0.343 e. The molecule has 3 N–H and O–H groups in total. The SMILES string of the molecule is Nc1c(Br)cc(Br)cc1C(=O)NN=Cc1ccc(OC(=O)c2cccc(Br)c2)cc1. The van der Waals surface area contributed by atoms with Gasteiger partial charge in [0.15, 0.2) is 0 Å². The van der Waals surface area contributed by atoms with Crippen molar-refractivity contribution in [3.8, 4) is 5.75 Å². The second-order valence-corrected chi connectivity index (χ2v) is 8.70. The lowest BCUT2D eigenvalue weighted by molar-refractivity contribution is 0.0734. The number of amides is 1. The molecular weight excluding hydrogens is 582 g/mol. The van der Waals surface area contributed by atoms with Gasteiger partial charge in [0.25, 0.3) is 5.91 Å². The van der Waals surface area contributed by atoms with Crippen molar-refractivity contribution >= 4 is 71.6 Å². The molecule has 6 nitrogen and oxygen atoms in total. The average molecular weight is 596 g/mol. The number of carbonyl (C=O) groups excluding carboxylic acids is 2. The Morgan fingerprint density at radius 2 is 1.70 bits per heavy atom. The second-order valence-electron chi connectivity index (χ2n) is 6.02. The fourth-order valence-corrected chi connectivity index (χ4v) is 4.03. The molecule has 0 saturated heterocycles. The normalized spacial score (nSPS) is 10.8. The zero-order valence-corrected chi connectivity index (χ0v) is 20.0. The van der Waals surface area contributed by atoms with Gasteiger partial charge in [0.1, 0.15) is 5.75 Å². The molecule has 3 aromatic rings. The molecule has 9 heteroatoms. The Morgan fingerprint density at radius 3 is 2.40 bits per heavy atom. The number of hydrogen-bond donors (Lipinski definition) is 2. The summed E-state index contributed by atoms with van der Waals surface area (Å²) in [7, 11) is 0. The van der Waals surface area contributed by atoms with Crippen LogP contribution >= 0.6 is 47.8 Å². The second kappa shape index (κ2) is 10.0. The molecule has 0 aromatic heterocycles. The third-order valence-electron chi connectivity index (χ3n) is 3.87.